The number of rotatable bonds is 7. The maximum atomic E-state index is 13.7. The largest absolute Gasteiger partial charge is 0.368 e. The number of carbonyl (C=O) groups is 2. The molecule has 0 aromatic carbocycles. The molecule has 33 heavy (non-hydrogen) atoms. The summed E-state index contributed by atoms with van der Waals surface area (Å²) in [4.78, 5) is 28.3. The number of amides is 1. The summed E-state index contributed by atoms with van der Waals surface area (Å²) in [7, 11) is 5.03. The van der Waals surface area contributed by atoms with Gasteiger partial charge in [-0.15, -0.1) is 22.0 Å². The molecule has 1 fully saturated rings. The van der Waals surface area contributed by atoms with Crippen LogP contribution in [0.15, 0.2) is 21.6 Å². The molecule has 178 valence electrons. The molecule has 12 nitrogen and oxygen atoms in total. The molecular formula is C18H25N9O3S3. The van der Waals surface area contributed by atoms with Crippen LogP contribution in [0.5, 0.6) is 0 Å². The number of ether oxygens (including phenoxy) is 1. The Labute approximate surface area is 203 Å². The molecule has 2 aromatic rings. The minimum atomic E-state index is -0.694. The van der Waals surface area contributed by atoms with Crippen molar-refractivity contribution >= 4 is 47.0 Å². The van der Waals surface area contributed by atoms with Gasteiger partial charge in [0.05, 0.1) is 9.78 Å². The number of methoxy groups -OCH3 is 1. The van der Waals surface area contributed by atoms with E-state index in [0.717, 1.165) is 5.57 Å². The molecule has 15 heteroatoms. The molecule has 3 atom stereocenters. The minimum absolute atomic E-state index is 0.106. The van der Waals surface area contributed by atoms with Gasteiger partial charge in [0, 0.05) is 32.4 Å². The van der Waals surface area contributed by atoms with Gasteiger partial charge in [-0.3, -0.25) is 14.5 Å². The van der Waals surface area contributed by atoms with Crippen LogP contribution in [0.25, 0.3) is 0 Å². The number of ketones is 1. The summed E-state index contributed by atoms with van der Waals surface area (Å²) >= 11 is 4.42. The zero-order chi connectivity index (χ0) is 24.1. The summed E-state index contributed by atoms with van der Waals surface area (Å²) in [5.41, 5.74) is 0.519. The summed E-state index contributed by atoms with van der Waals surface area (Å²) < 4.78 is 7.97. The number of hydrogen-bond donors (Lipinski definition) is 0. The van der Waals surface area contributed by atoms with Gasteiger partial charge in [0.25, 0.3) is 5.91 Å². The van der Waals surface area contributed by atoms with Crippen molar-refractivity contribution in [2.24, 2.45) is 19.5 Å². The molecule has 1 unspecified atom stereocenters. The summed E-state index contributed by atoms with van der Waals surface area (Å²) in [5.74, 6) is 0.0875. The van der Waals surface area contributed by atoms with E-state index in [1.165, 1.54) is 30.6 Å². The maximum absolute atomic E-state index is 13.7. The number of Topliss-reactive ketones (excluding diaryl/α,β-unsaturated/α-hetero) is 1. The van der Waals surface area contributed by atoms with E-state index in [4.69, 9.17) is 4.74 Å². The number of β-lactam (4-membered cyclic amide) rings is 1. The van der Waals surface area contributed by atoms with Crippen molar-refractivity contribution in [1.29, 1.82) is 0 Å². The van der Waals surface area contributed by atoms with Crippen LogP contribution >= 0.6 is 35.3 Å². The Morgan fingerprint density at radius 2 is 1.76 bits per heavy atom. The van der Waals surface area contributed by atoms with Gasteiger partial charge < -0.3 is 4.74 Å². The molecule has 1 amide bonds. The van der Waals surface area contributed by atoms with Crippen LogP contribution in [-0.4, -0.2) is 85.4 Å². The van der Waals surface area contributed by atoms with E-state index in [1.807, 2.05) is 27.7 Å². The second-order valence-electron chi connectivity index (χ2n) is 8.79. The standard InChI is InChI=1S/C18H25N9O3S3/c1-17(2,3)12(28)10-9(8-31-15-19-21-23-25(15)5)18(4,33-16-20-22-24-26(16)6)32-14-11(30-7)13(29)27(10)14/h11,14H,8H2,1-7H3/t11-,14-,18?/m0/s1. The van der Waals surface area contributed by atoms with Crippen molar-refractivity contribution in [3.63, 3.8) is 0 Å². The fraction of sp³-hybridized carbons (Fsp3) is 0.667. The van der Waals surface area contributed by atoms with Crippen LogP contribution in [0.2, 0.25) is 0 Å². The number of fused-ring (bicyclic) bond motifs is 1. The molecule has 2 aliphatic rings. The third-order valence-corrected chi connectivity index (χ3v) is 9.50. The van der Waals surface area contributed by atoms with Crippen molar-refractivity contribution in [3.8, 4) is 0 Å². The predicted molar refractivity (Wildman–Crippen MR) is 123 cm³/mol. The maximum Gasteiger partial charge on any atom is 0.260 e. The van der Waals surface area contributed by atoms with Crippen LogP contribution in [0.4, 0.5) is 0 Å². The SMILES string of the molecule is CO[C@H]1C(=O)N2C(C(=O)C(C)(C)C)=C(CSc3nnnn3C)C(C)(Sc3nnnn3C)S[C@@H]12. The van der Waals surface area contributed by atoms with Crippen molar-refractivity contribution in [3.05, 3.63) is 11.3 Å². The van der Waals surface area contributed by atoms with E-state index in [-0.39, 0.29) is 17.1 Å². The van der Waals surface area contributed by atoms with E-state index in [9.17, 15) is 9.59 Å². The first-order valence-electron chi connectivity index (χ1n) is 10.1. The van der Waals surface area contributed by atoms with Crippen LogP contribution in [-0.2, 0) is 28.4 Å². The number of aromatic nitrogens is 8. The number of carbonyl (C=O) groups excluding carboxylic acids is 2. The Kier molecular flexibility index (Phi) is 6.35. The highest BCUT2D eigenvalue weighted by Crippen LogP contribution is 2.58. The quantitative estimate of drug-likeness (QED) is 0.390. The molecule has 0 N–H and O–H groups in total. The Bertz CT molecular complexity index is 1120. The first kappa shape index (κ1) is 24.2. The molecule has 4 rings (SSSR count). The van der Waals surface area contributed by atoms with Crippen molar-refractivity contribution in [2.45, 2.75) is 53.6 Å². The van der Waals surface area contributed by atoms with Crippen LogP contribution in [0, 0.1) is 5.41 Å². The molecule has 1 saturated heterocycles. The predicted octanol–water partition coefficient (Wildman–Crippen LogP) is 1.13. The lowest BCUT2D eigenvalue weighted by Crippen LogP contribution is -2.67. The van der Waals surface area contributed by atoms with Crippen molar-refractivity contribution in [2.75, 3.05) is 12.9 Å². The molecule has 0 radical (unpaired) electrons. The molecular weight excluding hydrogens is 486 g/mol. The third kappa shape index (κ3) is 4.19. The average molecular weight is 512 g/mol. The summed E-state index contributed by atoms with van der Waals surface area (Å²) in [6.07, 6.45) is -0.618. The lowest BCUT2D eigenvalue weighted by molar-refractivity contribution is -0.160. The Hall–Kier alpha value is -1.97. The first-order chi connectivity index (χ1) is 15.5. The first-order valence-corrected chi connectivity index (χ1v) is 12.7. The second kappa shape index (κ2) is 8.67. The number of thioether (sulfide) groups is 3. The number of allylic oxidation sites excluding steroid dienone is 1. The Morgan fingerprint density at radius 3 is 2.27 bits per heavy atom. The number of aryl methyl sites for hydroxylation is 2. The summed E-state index contributed by atoms with van der Waals surface area (Å²) in [6.45, 7) is 7.59. The lowest BCUT2D eigenvalue weighted by atomic mass is 9.85. The van der Waals surface area contributed by atoms with Gasteiger partial charge in [-0.05, 0) is 33.4 Å². The van der Waals surface area contributed by atoms with Crippen molar-refractivity contribution < 1.29 is 14.3 Å². The van der Waals surface area contributed by atoms with E-state index >= 15 is 0 Å². The molecule has 0 bridgehead atoms. The second-order valence-corrected chi connectivity index (χ2v) is 12.9. The highest BCUT2D eigenvalue weighted by molar-refractivity contribution is 8.19. The van der Waals surface area contributed by atoms with Crippen LogP contribution < -0.4 is 0 Å². The van der Waals surface area contributed by atoms with E-state index in [1.54, 1.807) is 40.1 Å². The van der Waals surface area contributed by atoms with Gasteiger partial charge in [0.15, 0.2) is 11.9 Å². The Morgan fingerprint density at radius 1 is 1.15 bits per heavy atom. The smallest absolute Gasteiger partial charge is 0.260 e. The van der Waals surface area contributed by atoms with E-state index in [0.29, 0.717) is 21.8 Å². The van der Waals surface area contributed by atoms with Gasteiger partial charge in [-0.1, -0.05) is 44.3 Å². The highest BCUT2D eigenvalue weighted by atomic mass is 32.2. The number of nitrogens with zero attached hydrogens (tertiary/aromatic N) is 9. The minimum Gasteiger partial charge on any atom is -0.368 e. The van der Waals surface area contributed by atoms with Crippen molar-refractivity contribution in [1.82, 2.24) is 45.3 Å². The van der Waals surface area contributed by atoms with Gasteiger partial charge in [-0.25, -0.2) is 9.36 Å². The number of tetrazole rings is 2. The normalized spacial score (nSPS) is 25.3. The molecule has 2 aliphatic heterocycles. The molecule has 0 aliphatic carbocycles. The van der Waals surface area contributed by atoms with Crippen LogP contribution in [0.3, 0.4) is 0 Å². The summed E-state index contributed by atoms with van der Waals surface area (Å²) in [5, 5.41) is 24.3. The van der Waals surface area contributed by atoms with Gasteiger partial charge in [-0.2, -0.15) is 0 Å². The number of hydrogen-bond acceptors (Lipinski definition) is 12. The van der Waals surface area contributed by atoms with Gasteiger partial charge in [0.1, 0.15) is 5.37 Å². The zero-order valence-electron chi connectivity index (χ0n) is 19.3. The third-order valence-electron chi connectivity index (χ3n) is 5.36. The van der Waals surface area contributed by atoms with Gasteiger partial charge in [0.2, 0.25) is 10.3 Å². The lowest BCUT2D eigenvalue weighted by Gasteiger charge is -2.54. The average Bonchev–Trinajstić information content (AvgIpc) is 3.33. The highest BCUT2D eigenvalue weighted by Gasteiger charge is 2.60. The topological polar surface area (TPSA) is 134 Å². The Balaban J connectivity index is 1.85. The van der Waals surface area contributed by atoms with E-state index in [2.05, 4.69) is 31.1 Å². The fourth-order valence-electron chi connectivity index (χ4n) is 3.52. The fourth-order valence-corrected chi connectivity index (χ4v) is 7.75. The molecule has 0 spiro atoms. The molecule has 4 heterocycles. The van der Waals surface area contributed by atoms with Gasteiger partial charge >= 0.3 is 0 Å². The van der Waals surface area contributed by atoms with Crippen LogP contribution in [0.1, 0.15) is 27.7 Å². The molecule has 2 aromatic heterocycles. The van der Waals surface area contributed by atoms with E-state index < -0.39 is 15.6 Å². The monoisotopic (exact) mass is 511 g/mol. The zero-order valence-corrected chi connectivity index (χ0v) is 21.8. The summed E-state index contributed by atoms with van der Waals surface area (Å²) in [6, 6.07) is 0. The molecule has 0 saturated carbocycles.